The molecule has 1 aromatic carbocycles. The summed E-state index contributed by atoms with van der Waals surface area (Å²) in [7, 11) is 0. The number of aliphatic hydroxyl groups is 1. The lowest BCUT2D eigenvalue weighted by Crippen LogP contribution is -2.54. The van der Waals surface area contributed by atoms with Crippen molar-refractivity contribution in [3.63, 3.8) is 0 Å². The van der Waals surface area contributed by atoms with E-state index < -0.39 is 5.60 Å². The highest BCUT2D eigenvalue weighted by Crippen LogP contribution is 2.34. The van der Waals surface area contributed by atoms with E-state index in [9.17, 15) is 9.90 Å². The highest BCUT2D eigenvalue weighted by atomic mass is 16.3. The largest absolute Gasteiger partial charge is 0.390 e. The minimum Gasteiger partial charge on any atom is -0.390 e. The number of Topliss-reactive ketones (excluding diaryl/α,β-unsaturated/α-hetero) is 1. The van der Waals surface area contributed by atoms with Crippen LogP contribution in [0.5, 0.6) is 0 Å². The number of hydrogen-bond acceptors (Lipinski definition) is 3. The van der Waals surface area contributed by atoms with Gasteiger partial charge in [0.25, 0.3) is 0 Å². The highest BCUT2D eigenvalue weighted by molar-refractivity contribution is 5.97. The van der Waals surface area contributed by atoms with Crippen LogP contribution in [0.4, 0.5) is 0 Å². The third kappa shape index (κ3) is 2.93. The van der Waals surface area contributed by atoms with Crippen LogP contribution in [0.25, 0.3) is 0 Å². The molecule has 0 saturated heterocycles. The first-order valence-corrected chi connectivity index (χ1v) is 6.17. The van der Waals surface area contributed by atoms with Gasteiger partial charge in [0, 0.05) is 11.6 Å². The van der Waals surface area contributed by atoms with Gasteiger partial charge in [-0.25, -0.2) is 0 Å². The summed E-state index contributed by atoms with van der Waals surface area (Å²) in [4.78, 5) is 11.8. The first kappa shape index (κ1) is 12.3. The quantitative estimate of drug-likeness (QED) is 0.762. The monoisotopic (exact) mass is 233 g/mol. The predicted octanol–water partition coefficient (Wildman–Crippen LogP) is 1.76. The smallest absolute Gasteiger partial charge is 0.176 e. The normalized spacial score (nSPS) is 27.5. The van der Waals surface area contributed by atoms with E-state index in [0.29, 0.717) is 6.54 Å². The van der Waals surface area contributed by atoms with Gasteiger partial charge in [-0.2, -0.15) is 0 Å². The van der Waals surface area contributed by atoms with E-state index in [1.54, 1.807) is 0 Å². The molecule has 2 N–H and O–H groups in total. The Morgan fingerprint density at radius 3 is 2.65 bits per heavy atom. The van der Waals surface area contributed by atoms with Crippen molar-refractivity contribution in [1.82, 2.24) is 5.32 Å². The molecule has 0 atom stereocenters. The fourth-order valence-corrected chi connectivity index (χ4v) is 2.25. The average molecular weight is 233 g/mol. The van der Waals surface area contributed by atoms with Crippen LogP contribution in [0.15, 0.2) is 30.3 Å². The van der Waals surface area contributed by atoms with Crippen molar-refractivity contribution in [3.05, 3.63) is 35.9 Å². The number of carbonyl (C=O) groups is 1. The van der Waals surface area contributed by atoms with Crippen LogP contribution in [0.1, 0.15) is 36.5 Å². The van der Waals surface area contributed by atoms with Crippen molar-refractivity contribution in [2.24, 2.45) is 0 Å². The Hall–Kier alpha value is -1.19. The second-order valence-corrected chi connectivity index (χ2v) is 4.85. The lowest BCUT2D eigenvalue weighted by atomic mass is 9.74. The number of carbonyl (C=O) groups excluding carboxylic acids is 1. The Morgan fingerprint density at radius 1 is 1.41 bits per heavy atom. The summed E-state index contributed by atoms with van der Waals surface area (Å²) < 4.78 is 0. The lowest BCUT2D eigenvalue weighted by molar-refractivity contribution is -0.0577. The summed E-state index contributed by atoms with van der Waals surface area (Å²) in [6, 6.07) is 9.57. The van der Waals surface area contributed by atoms with Crippen LogP contribution in [0.2, 0.25) is 0 Å². The van der Waals surface area contributed by atoms with Crippen molar-refractivity contribution >= 4 is 5.78 Å². The lowest BCUT2D eigenvalue weighted by Gasteiger charge is -2.43. The Morgan fingerprint density at radius 2 is 2.06 bits per heavy atom. The van der Waals surface area contributed by atoms with Gasteiger partial charge in [0.15, 0.2) is 5.78 Å². The zero-order chi connectivity index (χ0) is 12.3. The van der Waals surface area contributed by atoms with E-state index in [4.69, 9.17) is 0 Å². The molecule has 1 aliphatic carbocycles. The summed E-state index contributed by atoms with van der Waals surface area (Å²) in [5, 5.41) is 13.0. The summed E-state index contributed by atoms with van der Waals surface area (Å²) in [6.07, 6.45) is 2.30. The molecule has 1 saturated carbocycles. The molecule has 0 aliphatic heterocycles. The van der Waals surface area contributed by atoms with Gasteiger partial charge < -0.3 is 10.4 Å². The molecule has 17 heavy (non-hydrogen) atoms. The van der Waals surface area contributed by atoms with Gasteiger partial charge in [-0.05, 0) is 19.3 Å². The third-order valence-corrected chi connectivity index (χ3v) is 3.56. The van der Waals surface area contributed by atoms with E-state index >= 15 is 0 Å². The molecule has 0 radical (unpaired) electrons. The van der Waals surface area contributed by atoms with Crippen LogP contribution in [-0.4, -0.2) is 29.1 Å². The Balaban J connectivity index is 1.76. The van der Waals surface area contributed by atoms with E-state index in [0.717, 1.165) is 24.8 Å². The highest BCUT2D eigenvalue weighted by Gasteiger charge is 2.40. The van der Waals surface area contributed by atoms with Crippen molar-refractivity contribution in [2.75, 3.05) is 6.54 Å². The number of ketones is 1. The topological polar surface area (TPSA) is 49.3 Å². The molecule has 3 nitrogen and oxygen atoms in total. The molecular weight excluding hydrogens is 214 g/mol. The number of hydrogen-bond donors (Lipinski definition) is 2. The van der Waals surface area contributed by atoms with Crippen LogP contribution in [0.3, 0.4) is 0 Å². The molecule has 0 heterocycles. The molecule has 0 unspecified atom stereocenters. The van der Waals surface area contributed by atoms with Gasteiger partial charge in [0.1, 0.15) is 0 Å². The van der Waals surface area contributed by atoms with Crippen LogP contribution in [-0.2, 0) is 0 Å². The minimum atomic E-state index is -0.493. The molecule has 0 bridgehead atoms. The summed E-state index contributed by atoms with van der Waals surface area (Å²) in [5.74, 6) is 0.109. The molecule has 0 aromatic heterocycles. The minimum absolute atomic E-state index is 0.109. The molecule has 0 spiro atoms. The molecular formula is C14H19NO2. The third-order valence-electron chi connectivity index (χ3n) is 3.56. The number of benzene rings is 1. The Kier molecular flexibility index (Phi) is 3.60. The van der Waals surface area contributed by atoms with Crippen molar-refractivity contribution < 1.29 is 9.90 Å². The SMILES string of the molecule is CCC1(O)CC(NCC(=O)c2ccccc2)C1. The maximum atomic E-state index is 11.8. The van der Waals surface area contributed by atoms with Gasteiger partial charge in [0.2, 0.25) is 0 Å². The maximum Gasteiger partial charge on any atom is 0.176 e. The van der Waals surface area contributed by atoms with E-state index in [2.05, 4.69) is 5.32 Å². The van der Waals surface area contributed by atoms with Crippen molar-refractivity contribution in [3.8, 4) is 0 Å². The zero-order valence-electron chi connectivity index (χ0n) is 10.1. The Labute approximate surface area is 102 Å². The van der Waals surface area contributed by atoms with Crippen LogP contribution < -0.4 is 5.32 Å². The van der Waals surface area contributed by atoms with Gasteiger partial charge in [-0.3, -0.25) is 4.79 Å². The van der Waals surface area contributed by atoms with E-state index in [1.165, 1.54) is 0 Å². The molecule has 1 aromatic rings. The van der Waals surface area contributed by atoms with E-state index in [1.807, 2.05) is 37.3 Å². The molecule has 92 valence electrons. The second kappa shape index (κ2) is 4.98. The van der Waals surface area contributed by atoms with Gasteiger partial charge in [-0.1, -0.05) is 37.3 Å². The summed E-state index contributed by atoms with van der Waals surface area (Å²) in [6.45, 7) is 2.35. The second-order valence-electron chi connectivity index (χ2n) is 4.85. The first-order chi connectivity index (χ1) is 8.13. The summed E-state index contributed by atoms with van der Waals surface area (Å²) in [5.41, 5.74) is 0.248. The van der Waals surface area contributed by atoms with Gasteiger partial charge >= 0.3 is 0 Å². The molecule has 1 aliphatic rings. The standard InChI is InChI=1S/C14H19NO2/c1-2-14(17)8-12(9-14)15-10-13(16)11-6-4-3-5-7-11/h3-7,12,15,17H,2,8-10H2,1H3. The fourth-order valence-electron chi connectivity index (χ4n) is 2.25. The number of rotatable bonds is 5. The molecule has 1 fully saturated rings. The molecule has 3 heteroatoms. The van der Waals surface area contributed by atoms with Gasteiger partial charge in [0.05, 0.1) is 12.1 Å². The van der Waals surface area contributed by atoms with E-state index in [-0.39, 0.29) is 11.8 Å². The van der Waals surface area contributed by atoms with Gasteiger partial charge in [-0.15, -0.1) is 0 Å². The maximum absolute atomic E-state index is 11.8. The predicted molar refractivity (Wildman–Crippen MR) is 67.0 cm³/mol. The van der Waals surface area contributed by atoms with Crippen LogP contribution in [0, 0.1) is 0 Å². The first-order valence-electron chi connectivity index (χ1n) is 6.17. The Bertz CT molecular complexity index is 382. The fraction of sp³-hybridized carbons (Fsp3) is 0.500. The van der Waals surface area contributed by atoms with Crippen molar-refractivity contribution in [2.45, 2.75) is 37.8 Å². The summed E-state index contributed by atoms with van der Waals surface area (Å²) >= 11 is 0. The number of nitrogens with one attached hydrogen (secondary N) is 1. The zero-order valence-corrected chi connectivity index (χ0v) is 10.1. The average Bonchev–Trinajstić information content (AvgIpc) is 2.34. The van der Waals surface area contributed by atoms with Crippen molar-refractivity contribution in [1.29, 1.82) is 0 Å². The molecule has 2 rings (SSSR count). The van der Waals surface area contributed by atoms with Crippen LogP contribution >= 0.6 is 0 Å². The molecule has 0 amide bonds.